The first-order valence-corrected chi connectivity index (χ1v) is 6.65. The zero-order valence-corrected chi connectivity index (χ0v) is 10.5. The largest absolute Gasteiger partial charge is 0.445 e. The summed E-state index contributed by atoms with van der Waals surface area (Å²) >= 11 is 2.25. The Bertz CT molecular complexity index is 327. The van der Waals surface area contributed by atoms with Crippen LogP contribution in [-0.4, -0.2) is 27.7 Å². The number of anilines is 1. The Morgan fingerprint density at radius 3 is 2.62 bits per heavy atom. The monoisotopic (exact) mass is 271 g/mol. The van der Waals surface area contributed by atoms with Crippen LogP contribution in [0.4, 0.5) is 18.3 Å². The molecule has 0 aliphatic heterocycles. The van der Waals surface area contributed by atoms with Crippen LogP contribution in [-0.2, 0) is 6.18 Å². The van der Waals surface area contributed by atoms with Crippen molar-refractivity contribution in [2.75, 3.05) is 16.8 Å². The van der Waals surface area contributed by atoms with Crippen LogP contribution in [0.5, 0.6) is 0 Å². The van der Waals surface area contributed by atoms with Crippen molar-refractivity contribution in [3.05, 3.63) is 5.01 Å². The molecule has 1 unspecified atom stereocenters. The van der Waals surface area contributed by atoms with Gasteiger partial charge in [-0.05, 0) is 12.7 Å². The summed E-state index contributed by atoms with van der Waals surface area (Å²) in [5, 5.41) is 8.75. The van der Waals surface area contributed by atoms with Crippen LogP contribution < -0.4 is 5.32 Å². The number of hydrogen-bond acceptors (Lipinski definition) is 5. The van der Waals surface area contributed by atoms with Crippen LogP contribution in [0.2, 0.25) is 0 Å². The second kappa shape index (κ2) is 5.72. The molecule has 0 saturated heterocycles. The lowest BCUT2D eigenvalue weighted by molar-refractivity contribution is -0.138. The zero-order valence-electron chi connectivity index (χ0n) is 8.84. The maximum absolute atomic E-state index is 12.2. The molecule has 1 heterocycles. The lowest BCUT2D eigenvalue weighted by atomic mass is 10.4. The Morgan fingerprint density at radius 2 is 2.12 bits per heavy atom. The van der Waals surface area contributed by atoms with Gasteiger partial charge in [-0.3, -0.25) is 0 Å². The Hall–Kier alpha value is -0.500. The molecule has 0 saturated carbocycles. The minimum absolute atomic E-state index is 0.0824. The quantitative estimate of drug-likeness (QED) is 0.893. The first-order chi connectivity index (χ1) is 7.43. The average molecular weight is 271 g/mol. The summed E-state index contributed by atoms with van der Waals surface area (Å²) in [4.78, 5) is 0. The maximum Gasteiger partial charge on any atom is 0.445 e. The smallest absolute Gasteiger partial charge is 0.357 e. The molecule has 8 heteroatoms. The third kappa shape index (κ3) is 4.17. The van der Waals surface area contributed by atoms with Gasteiger partial charge in [0.25, 0.3) is 0 Å². The highest BCUT2D eigenvalue weighted by molar-refractivity contribution is 7.99. The zero-order chi connectivity index (χ0) is 12.2. The summed E-state index contributed by atoms with van der Waals surface area (Å²) in [6.45, 7) is 3.93. The summed E-state index contributed by atoms with van der Waals surface area (Å²) < 4.78 is 36.7. The Kier molecular flexibility index (Phi) is 4.85. The van der Waals surface area contributed by atoms with Gasteiger partial charge in [-0.1, -0.05) is 18.3 Å². The summed E-state index contributed by atoms with van der Waals surface area (Å²) in [7, 11) is 0. The standard InChI is InChI=1S/C8H12F3N3S2/c1-3-15-4-5(2)12-7-14-13-6(16-7)8(9,10)11/h5H,3-4H2,1-2H3,(H,12,14). The SMILES string of the molecule is CCSCC(C)Nc1nnc(C(F)(F)F)s1. The Balaban J connectivity index is 2.52. The molecule has 1 rings (SSSR count). The highest BCUT2D eigenvalue weighted by Crippen LogP contribution is 2.33. The van der Waals surface area contributed by atoms with Gasteiger partial charge in [0, 0.05) is 11.8 Å². The molecule has 1 atom stereocenters. The van der Waals surface area contributed by atoms with Crippen molar-refractivity contribution in [1.82, 2.24) is 10.2 Å². The van der Waals surface area contributed by atoms with E-state index in [0.717, 1.165) is 11.5 Å². The van der Waals surface area contributed by atoms with Crippen LogP contribution >= 0.6 is 23.1 Å². The molecule has 0 bridgehead atoms. The van der Waals surface area contributed by atoms with Crippen LogP contribution in [0.1, 0.15) is 18.9 Å². The minimum Gasteiger partial charge on any atom is -0.357 e. The number of aromatic nitrogens is 2. The van der Waals surface area contributed by atoms with E-state index in [2.05, 4.69) is 15.5 Å². The number of nitrogens with zero attached hydrogens (tertiary/aromatic N) is 2. The van der Waals surface area contributed by atoms with E-state index in [9.17, 15) is 13.2 Å². The Labute approximate surface area is 99.8 Å². The molecular formula is C8H12F3N3S2. The second-order valence-electron chi connectivity index (χ2n) is 3.11. The van der Waals surface area contributed by atoms with Gasteiger partial charge in [-0.15, -0.1) is 10.2 Å². The highest BCUT2D eigenvalue weighted by Gasteiger charge is 2.35. The van der Waals surface area contributed by atoms with E-state index in [1.807, 2.05) is 13.8 Å². The summed E-state index contributed by atoms with van der Waals surface area (Å²) in [5.41, 5.74) is 0. The van der Waals surface area contributed by atoms with Gasteiger partial charge in [0.2, 0.25) is 10.1 Å². The van der Waals surface area contributed by atoms with Crippen LogP contribution in [0, 0.1) is 0 Å². The van der Waals surface area contributed by atoms with Crippen molar-refractivity contribution < 1.29 is 13.2 Å². The number of halogens is 3. The molecule has 0 fully saturated rings. The Morgan fingerprint density at radius 1 is 1.44 bits per heavy atom. The van der Waals surface area contributed by atoms with E-state index in [-0.39, 0.29) is 11.2 Å². The van der Waals surface area contributed by atoms with Gasteiger partial charge < -0.3 is 5.32 Å². The van der Waals surface area contributed by atoms with E-state index in [1.54, 1.807) is 11.8 Å². The van der Waals surface area contributed by atoms with Gasteiger partial charge in [-0.2, -0.15) is 24.9 Å². The average Bonchev–Trinajstić information content (AvgIpc) is 2.62. The molecule has 0 aliphatic rings. The molecule has 0 amide bonds. The summed E-state index contributed by atoms with van der Waals surface area (Å²) in [5.74, 6) is 1.81. The predicted octanol–water partition coefficient (Wildman–Crippen LogP) is 3.11. The van der Waals surface area contributed by atoms with Crippen molar-refractivity contribution in [3.8, 4) is 0 Å². The normalized spacial score (nSPS) is 13.8. The third-order valence-electron chi connectivity index (χ3n) is 1.61. The number of hydrogen-bond donors (Lipinski definition) is 1. The van der Waals surface area contributed by atoms with Crippen LogP contribution in [0.25, 0.3) is 0 Å². The lowest BCUT2D eigenvalue weighted by Gasteiger charge is -2.10. The van der Waals surface area contributed by atoms with E-state index >= 15 is 0 Å². The van der Waals surface area contributed by atoms with Crippen molar-refractivity contribution in [2.24, 2.45) is 0 Å². The lowest BCUT2D eigenvalue weighted by Crippen LogP contribution is -2.17. The first-order valence-electron chi connectivity index (χ1n) is 4.68. The molecule has 0 aromatic carbocycles. The number of alkyl halides is 3. The molecule has 1 aromatic rings. The molecule has 0 radical (unpaired) electrons. The topological polar surface area (TPSA) is 37.8 Å². The molecule has 1 N–H and O–H groups in total. The number of nitrogens with one attached hydrogen (secondary N) is 1. The van der Waals surface area contributed by atoms with E-state index < -0.39 is 11.2 Å². The number of rotatable bonds is 5. The fourth-order valence-corrected chi connectivity index (χ4v) is 2.34. The van der Waals surface area contributed by atoms with E-state index in [4.69, 9.17) is 0 Å². The van der Waals surface area contributed by atoms with Gasteiger partial charge in [-0.25, -0.2) is 0 Å². The van der Waals surface area contributed by atoms with Crippen molar-refractivity contribution in [2.45, 2.75) is 26.1 Å². The summed E-state index contributed by atoms with van der Waals surface area (Å²) in [6.07, 6.45) is -4.40. The highest BCUT2D eigenvalue weighted by atomic mass is 32.2. The van der Waals surface area contributed by atoms with E-state index in [1.165, 1.54) is 0 Å². The number of thioether (sulfide) groups is 1. The molecule has 0 aliphatic carbocycles. The second-order valence-corrected chi connectivity index (χ2v) is 5.41. The predicted molar refractivity (Wildman–Crippen MR) is 61.0 cm³/mol. The van der Waals surface area contributed by atoms with Crippen molar-refractivity contribution in [3.63, 3.8) is 0 Å². The minimum atomic E-state index is -4.40. The maximum atomic E-state index is 12.2. The molecule has 3 nitrogen and oxygen atoms in total. The fourth-order valence-electron chi connectivity index (χ4n) is 0.943. The molecule has 92 valence electrons. The van der Waals surface area contributed by atoms with Gasteiger partial charge in [0.05, 0.1) is 0 Å². The fraction of sp³-hybridized carbons (Fsp3) is 0.750. The third-order valence-corrected chi connectivity index (χ3v) is 3.65. The first kappa shape index (κ1) is 13.6. The van der Waals surface area contributed by atoms with Gasteiger partial charge in [0.15, 0.2) is 0 Å². The molecule has 0 spiro atoms. The van der Waals surface area contributed by atoms with Crippen molar-refractivity contribution >= 4 is 28.2 Å². The molecular weight excluding hydrogens is 259 g/mol. The van der Waals surface area contributed by atoms with E-state index in [0.29, 0.717) is 11.3 Å². The van der Waals surface area contributed by atoms with Crippen LogP contribution in [0.15, 0.2) is 0 Å². The molecule has 1 aromatic heterocycles. The molecule has 16 heavy (non-hydrogen) atoms. The van der Waals surface area contributed by atoms with Crippen molar-refractivity contribution in [1.29, 1.82) is 0 Å². The van der Waals surface area contributed by atoms with Gasteiger partial charge >= 0.3 is 6.18 Å². The van der Waals surface area contributed by atoms with Crippen LogP contribution in [0.3, 0.4) is 0 Å². The van der Waals surface area contributed by atoms with Gasteiger partial charge in [0.1, 0.15) is 0 Å². The summed E-state index contributed by atoms with van der Waals surface area (Å²) in [6, 6.07) is 0.0824.